The van der Waals surface area contributed by atoms with Gasteiger partial charge in [0.1, 0.15) is 17.2 Å². The van der Waals surface area contributed by atoms with E-state index in [1.165, 1.54) is 79.9 Å². The largest absolute Gasteiger partial charge is 0.497 e. The van der Waals surface area contributed by atoms with Gasteiger partial charge in [-0.25, -0.2) is 25.3 Å². The van der Waals surface area contributed by atoms with Gasteiger partial charge in [-0.1, -0.05) is 42.0 Å². The molecule has 0 atom stereocenters. The van der Waals surface area contributed by atoms with Crippen LogP contribution in [0.25, 0.3) is 11.1 Å². The third kappa shape index (κ3) is 7.00. The number of benzene rings is 6. The highest BCUT2D eigenvalue weighted by molar-refractivity contribution is 7.92. The Labute approximate surface area is 286 Å². The second-order valence-electron chi connectivity index (χ2n) is 11.1. The normalized spacial score (nSPS) is 12.0. The van der Waals surface area contributed by atoms with Gasteiger partial charge >= 0.3 is 0 Å². The molecule has 0 heterocycles. The molecule has 0 aromatic heterocycles. The Morgan fingerprint density at radius 2 is 0.592 bits per heavy atom. The molecule has 0 aliphatic rings. The molecule has 0 spiro atoms. The Balaban J connectivity index is 1.12. The molecule has 6 rings (SSSR count). The first-order valence-electron chi connectivity index (χ1n) is 14.9. The minimum absolute atomic E-state index is 0.0697. The quantitative estimate of drug-likeness (QED) is 0.140. The molecule has 8 nitrogen and oxygen atoms in total. The van der Waals surface area contributed by atoms with Crippen molar-refractivity contribution in [2.75, 3.05) is 7.11 Å². The fourth-order valence-electron chi connectivity index (χ4n) is 5.04. The Hall–Kier alpha value is -5.23. The molecule has 248 valence electrons. The number of aryl methyl sites for hydroxylation is 1. The van der Waals surface area contributed by atoms with Gasteiger partial charge in [-0.05, 0) is 127 Å². The summed E-state index contributed by atoms with van der Waals surface area (Å²) in [7, 11) is -9.75. The van der Waals surface area contributed by atoms with Crippen molar-refractivity contribution >= 4 is 29.5 Å². The highest BCUT2D eigenvalue weighted by Crippen LogP contribution is 2.31. The van der Waals surface area contributed by atoms with E-state index in [1.807, 2.05) is 6.92 Å². The zero-order chi connectivity index (χ0) is 34.8. The van der Waals surface area contributed by atoms with Crippen molar-refractivity contribution in [3.63, 3.8) is 0 Å². The van der Waals surface area contributed by atoms with Crippen LogP contribution in [0.5, 0.6) is 17.2 Å². The van der Waals surface area contributed by atoms with Gasteiger partial charge in [0.2, 0.25) is 29.5 Å². The number of methoxy groups -OCH3 is 1. The number of hydrogen-bond donors (Lipinski definition) is 0. The zero-order valence-corrected chi connectivity index (χ0v) is 28.8. The predicted octanol–water partition coefficient (Wildman–Crippen LogP) is 7.96. The third-order valence-corrected chi connectivity index (χ3v) is 13.2. The number of rotatable bonds is 10. The summed E-state index contributed by atoms with van der Waals surface area (Å²) in [5, 5.41) is 0. The van der Waals surface area contributed by atoms with Gasteiger partial charge in [0.25, 0.3) is 0 Å². The van der Waals surface area contributed by atoms with Crippen molar-refractivity contribution in [3.8, 4) is 28.4 Å². The smallest absolute Gasteiger partial charge is 0.206 e. The average Bonchev–Trinajstić information content (AvgIpc) is 3.12. The van der Waals surface area contributed by atoms with Crippen molar-refractivity contribution in [1.29, 1.82) is 0 Å². The van der Waals surface area contributed by atoms with Crippen molar-refractivity contribution in [2.45, 2.75) is 36.3 Å². The lowest BCUT2D eigenvalue weighted by molar-refractivity contribution is 0.414. The zero-order valence-electron chi connectivity index (χ0n) is 26.3. The summed E-state index contributed by atoms with van der Waals surface area (Å²) in [6.07, 6.45) is 0. The maximum absolute atomic E-state index is 13.4. The van der Waals surface area contributed by atoms with Crippen molar-refractivity contribution in [2.24, 2.45) is 0 Å². The Morgan fingerprint density at radius 1 is 0.347 bits per heavy atom. The maximum atomic E-state index is 13.4. The van der Waals surface area contributed by atoms with E-state index in [4.69, 9.17) is 9.47 Å². The van der Waals surface area contributed by atoms with E-state index in [0.29, 0.717) is 22.8 Å². The van der Waals surface area contributed by atoms with Crippen LogP contribution in [-0.4, -0.2) is 32.4 Å². The molecule has 0 radical (unpaired) electrons. The summed E-state index contributed by atoms with van der Waals surface area (Å²) in [6, 6.07) is 37.5. The highest BCUT2D eigenvalue weighted by Gasteiger charge is 2.20. The van der Waals surface area contributed by atoms with Gasteiger partial charge in [0.05, 0.1) is 36.5 Å². The molecule has 49 heavy (non-hydrogen) atoms. The van der Waals surface area contributed by atoms with E-state index in [1.54, 1.807) is 72.8 Å². The van der Waals surface area contributed by atoms with Crippen molar-refractivity contribution < 1.29 is 34.7 Å². The van der Waals surface area contributed by atoms with Gasteiger partial charge < -0.3 is 9.47 Å². The Bertz CT molecular complexity index is 2420. The highest BCUT2D eigenvalue weighted by atomic mass is 32.2. The predicted molar refractivity (Wildman–Crippen MR) is 185 cm³/mol. The van der Waals surface area contributed by atoms with Crippen LogP contribution in [0.3, 0.4) is 0 Å². The third-order valence-electron chi connectivity index (χ3n) is 7.87. The average molecular weight is 711 g/mol. The maximum Gasteiger partial charge on any atom is 0.206 e. The van der Waals surface area contributed by atoms with Crippen molar-refractivity contribution in [3.05, 3.63) is 151 Å². The van der Waals surface area contributed by atoms with Gasteiger partial charge in [-0.3, -0.25) is 0 Å². The second-order valence-corrected chi connectivity index (χ2v) is 16.9. The second kappa shape index (κ2) is 13.3. The Morgan fingerprint density at radius 3 is 0.878 bits per heavy atom. The van der Waals surface area contributed by atoms with Crippen LogP contribution < -0.4 is 9.47 Å². The Kier molecular flexibility index (Phi) is 9.17. The van der Waals surface area contributed by atoms with Crippen LogP contribution >= 0.6 is 0 Å². The lowest BCUT2D eigenvalue weighted by Gasteiger charge is -2.10. The molecule has 0 aliphatic carbocycles. The van der Waals surface area contributed by atoms with Gasteiger partial charge in [-0.15, -0.1) is 0 Å². The van der Waals surface area contributed by atoms with E-state index in [0.717, 1.165) is 11.1 Å². The summed E-state index contributed by atoms with van der Waals surface area (Å²) in [5.74, 6) is 1.32. The van der Waals surface area contributed by atoms with Crippen LogP contribution in [0.2, 0.25) is 0 Å². The first-order chi connectivity index (χ1) is 23.4. The molecular formula is C38H30O8S3. The van der Waals surface area contributed by atoms with Crippen molar-refractivity contribution in [1.82, 2.24) is 0 Å². The van der Waals surface area contributed by atoms with Crippen LogP contribution in [0.4, 0.5) is 0 Å². The molecule has 0 bridgehead atoms. The minimum atomic E-state index is -3.85. The molecule has 6 aromatic carbocycles. The standard InChI is InChI=1S/C38H30O8S3/c1-27-3-15-33(16-4-27)47(39,40)37-23-11-31(12-24-37)46-32-13-25-38(26-14-32)49(43,44)35-19-7-29(8-20-35)28-5-17-34(18-6-28)48(41,42)36-21-9-30(45-2)10-22-36/h3-26H,1-2H3. The number of ether oxygens (including phenoxy) is 2. The summed E-state index contributed by atoms with van der Waals surface area (Å²) in [4.78, 5) is 0.776. The molecule has 6 aromatic rings. The SMILES string of the molecule is COc1ccc(S(=O)(=O)c2ccc(-c3ccc(S(=O)(=O)c4ccc(Oc5ccc(S(=O)(=O)c6ccc(C)cc6)cc5)cc4)cc3)cc2)cc1. The summed E-state index contributed by atoms with van der Waals surface area (Å²) >= 11 is 0. The van der Waals surface area contributed by atoms with Crippen LogP contribution in [0, 0.1) is 6.92 Å². The minimum Gasteiger partial charge on any atom is -0.497 e. The summed E-state index contributed by atoms with van der Waals surface area (Å²) in [6.45, 7) is 1.88. The summed E-state index contributed by atoms with van der Waals surface area (Å²) < 4.78 is 89.7. The molecule has 0 fully saturated rings. The van der Waals surface area contributed by atoms with E-state index >= 15 is 0 Å². The molecule has 0 aliphatic heterocycles. The van der Waals surface area contributed by atoms with Gasteiger partial charge in [0.15, 0.2) is 0 Å². The first-order valence-corrected chi connectivity index (χ1v) is 19.4. The van der Waals surface area contributed by atoms with Gasteiger partial charge in [0, 0.05) is 0 Å². The molecule has 0 N–H and O–H groups in total. The lowest BCUT2D eigenvalue weighted by atomic mass is 10.1. The monoisotopic (exact) mass is 710 g/mol. The van der Waals surface area contributed by atoms with E-state index < -0.39 is 29.5 Å². The summed E-state index contributed by atoms with van der Waals surface area (Å²) in [5.41, 5.74) is 2.40. The van der Waals surface area contributed by atoms with E-state index in [-0.39, 0.29) is 29.4 Å². The number of hydrogen-bond acceptors (Lipinski definition) is 8. The molecule has 0 saturated heterocycles. The first kappa shape index (κ1) is 33.7. The van der Waals surface area contributed by atoms with Crippen LogP contribution in [0.1, 0.15) is 5.56 Å². The van der Waals surface area contributed by atoms with Crippen LogP contribution in [-0.2, 0) is 29.5 Å². The molecular weight excluding hydrogens is 681 g/mol. The molecule has 0 unspecified atom stereocenters. The van der Waals surface area contributed by atoms with E-state index in [2.05, 4.69) is 0 Å². The topological polar surface area (TPSA) is 121 Å². The van der Waals surface area contributed by atoms with Crippen LogP contribution in [0.15, 0.2) is 175 Å². The van der Waals surface area contributed by atoms with Gasteiger partial charge in [-0.2, -0.15) is 0 Å². The molecule has 0 amide bonds. The fourth-order valence-corrected chi connectivity index (χ4v) is 8.83. The lowest BCUT2D eigenvalue weighted by Crippen LogP contribution is -2.02. The molecule has 11 heteroatoms. The fraction of sp³-hybridized carbons (Fsp3) is 0.0526. The molecule has 0 saturated carbocycles. The van der Waals surface area contributed by atoms with E-state index in [9.17, 15) is 25.3 Å². The number of sulfone groups is 3.